The summed E-state index contributed by atoms with van der Waals surface area (Å²) in [5.74, 6) is -0.863. The minimum atomic E-state index is -3.08. The van der Waals surface area contributed by atoms with Gasteiger partial charge in [0.2, 0.25) is 11.8 Å². The highest BCUT2D eigenvalue weighted by molar-refractivity contribution is 7.91. The van der Waals surface area contributed by atoms with Crippen molar-refractivity contribution in [3.05, 3.63) is 0 Å². The first kappa shape index (κ1) is 10.6. The van der Waals surface area contributed by atoms with Crippen LogP contribution in [0.25, 0.3) is 0 Å². The molecule has 15 heavy (non-hydrogen) atoms. The summed E-state index contributed by atoms with van der Waals surface area (Å²) >= 11 is 0. The first-order chi connectivity index (χ1) is 6.91. The van der Waals surface area contributed by atoms with E-state index in [9.17, 15) is 18.0 Å². The van der Waals surface area contributed by atoms with Gasteiger partial charge in [-0.15, -0.1) is 0 Å². The molecule has 0 aromatic rings. The van der Waals surface area contributed by atoms with E-state index >= 15 is 0 Å². The smallest absolute Gasteiger partial charge is 0.246 e. The maximum absolute atomic E-state index is 11.5. The second kappa shape index (κ2) is 3.28. The first-order valence-electron chi connectivity index (χ1n) is 4.72. The molecule has 1 unspecified atom stereocenters. The van der Waals surface area contributed by atoms with Crippen LogP contribution < -0.4 is 5.73 Å². The second-order valence-corrected chi connectivity index (χ2v) is 6.20. The Bertz CT molecular complexity index is 416. The molecule has 2 aliphatic rings. The van der Waals surface area contributed by atoms with Gasteiger partial charge in [0, 0.05) is 0 Å². The molecule has 2 aliphatic heterocycles. The third-order valence-electron chi connectivity index (χ3n) is 2.79. The number of rotatable bonds is 1. The summed E-state index contributed by atoms with van der Waals surface area (Å²) in [6.07, 6.45) is 0.335. The van der Waals surface area contributed by atoms with E-state index in [1.165, 1.54) is 0 Å². The fourth-order valence-electron chi connectivity index (χ4n) is 2.04. The van der Waals surface area contributed by atoms with E-state index in [2.05, 4.69) is 0 Å². The number of likely N-dealkylation sites (tertiary alicyclic amines) is 1. The summed E-state index contributed by atoms with van der Waals surface area (Å²) in [6.45, 7) is 0. The van der Waals surface area contributed by atoms with Crippen LogP contribution in [0.2, 0.25) is 0 Å². The molecule has 0 aromatic heterocycles. The monoisotopic (exact) mass is 232 g/mol. The Kier molecular flexibility index (Phi) is 2.31. The predicted octanol–water partition coefficient (Wildman–Crippen LogP) is -1.74. The van der Waals surface area contributed by atoms with Gasteiger partial charge < -0.3 is 5.73 Å². The molecular formula is C8H12N2O4S. The molecule has 2 saturated heterocycles. The van der Waals surface area contributed by atoms with Gasteiger partial charge in [0.25, 0.3) is 0 Å². The minimum Gasteiger partial charge on any atom is -0.319 e. The highest BCUT2D eigenvalue weighted by Gasteiger charge is 2.44. The third kappa shape index (κ3) is 1.76. The fraction of sp³-hybridized carbons (Fsp3) is 0.750. The maximum Gasteiger partial charge on any atom is 0.246 e. The van der Waals surface area contributed by atoms with Crippen LogP contribution in [0.3, 0.4) is 0 Å². The molecule has 2 rings (SSSR count). The summed E-state index contributed by atoms with van der Waals surface area (Å²) < 4.78 is 22.4. The number of nitrogens with two attached hydrogens (primary N) is 1. The molecule has 0 saturated carbocycles. The predicted molar refractivity (Wildman–Crippen MR) is 51.5 cm³/mol. The van der Waals surface area contributed by atoms with Crippen LogP contribution in [-0.2, 0) is 19.4 Å². The Morgan fingerprint density at radius 3 is 2.40 bits per heavy atom. The molecule has 0 aliphatic carbocycles. The molecule has 7 heteroatoms. The van der Waals surface area contributed by atoms with Crippen molar-refractivity contribution in [2.75, 3.05) is 11.5 Å². The molecule has 0 bridgehead atoms. The lowest BCUT2D eigenvalue weighted by Crippen LogP contribution is -2.43. The van der Waals surface area contributed by atoms with E-state index in [0.29, 0.717) is 6.42 Å². The van der Waals surface area contributed by atoms with Crippen LogP contribution in [0, 0.1) is 0 Å². The molecule has 0 aromatic carbocycles. The molecule has 2 amide bonds. The van der Waals surface area contributed by atoms with E-state index in [1.54, 1.807) is 0 Å². The lowest BCUT2D eigenvalue weighted by atomic mass is 10.2. The van der Waals surface area contributed by atoms with Crippen molar-refractivity contribution in [2.24, 2.45) is 5.73 Å². The fourth-order valence-corrected chi connectivity index (χ4v) is 3.74. The van der Waals surface area contributed by atoms with Gasteiger partial charge in [0.15, 0.2) is 9.84 Å². The topological polar surface area (TPSA) is 97.5 Å². The van der Waals surface area contributed by atoms with Crippen molar-refractivity contribution < 1.29 is 18.0 Å². The summed E-state index contributed by atoms with van der Waals surface area (Å²) in [5.41, 5.74) is 5.43. The van der Waals surface area contributed by atoms with Crippen LogP contribution >= 0.6 is 0 Å². The number of sulfone groups is 1. The Morgan fingerprint density at radius 1 is 1.33 bits per heavy atom. The lowest BCUT2D eigenvalue weighted by Gasteiger charge is -2.20. The maximum atomic E-state index is 11.5. The molecule has 2 fully saturated rings. The average molecular weight is 232 g/mol. The number of hydrogen-bond acceptors (Lipinski definition) is 5. The zero-order valence-corrected chi connectivity index (χ0v) is 8.87. The SMILES string of the molecule is N[C@H]1CC(=O)N(C2CCS(=O)(=O)C2)C1=O. The van der Waals surface area contributed by atoms with Crippen molar-refractivity contribution in [3.63, 3.8) is 0 Å². The molecule has 6 nitrogen and oxygen atoms in total. The third-order valence-corrected chi connectivity index (χ3v) is 4.54. The Balaban J connectivity index is 2.19. The van der Waals surface area contributed by atoms with Gasteiger partial charge in [-0.1, -0.05) is 0 Å². The summed E-state index contributed by atoms with van der Waals surface area (Å²) in [6, 6.07) is -1.29. The number of carbonyl (C=O) groups is 2. The van der Waals surface area contributed by atoms with Gasteiger partial charge in [-0.2, -0.15) is 0 Å². The van der Waals surface area contributed by atoms with E-state index in [4.69, 9.17) is 5.73 Å². The molecule has 84 valence electrons. The van der Waals surface area contributed by atoms with E-state index in [-0.39, 0.29) is 23.8 Å². The number of imide groups is 1. The van der Waals surface area contributed by atoms with Gasteiger partial charge >= 0.3 is 0 Å². The molecule has 2 N–H and O–H groups in total. The van der Waals surface area contributed by atoms with E-state index < -0.39 is 27.8 Å². The summed E-state index contributed by atoms with van der Waals surface area (Å²) in [5, 5.41) is 0. The number of amides is 2. The molecular weight excluding hydrogens is 220 g/mol. The van der Waals surface area contributed by atoms with Gasteiger partial charge in [0.05, 0.1) is 30.0 Å². The van der Waals surface area contributed by atoms with Crippen LogP contribution in [0.15, 0.2) is 0 Å². The second-order valence-electron chi connectivity index (χ2n) is 3.97. The molecule has 0 spiro atoms. The highest BCUT2D eigenvalue weighted by atomic mass is 32.2. The Hall–Kier alpha value is -0.950. The van der Waals surface area contributed by atoms with Gasteiger partial charge in [-0.25, -0.2) is 8.42 Å². The highest BCUT2D eigenvalue weighted by Crippen LogP contribution is 2.23. The zero-order chi connectivity index (χ0) is 11.2. The Labute approximate surface area is 87.3 Å². The van der Waals surface area contributed by atoms with Crippen LogP contribution in [0.4, 0.5) is 0 Å². The number of carbonyl (C=O) groups excluding carboxylic acids is 2. The Morgan fingerprint density at radius 2 is 2.00 bits per heavy atom. The van der Waals surface area contributed by atoms with Gasteiger partial charge in [0.1, 0.15) is 0 Å². The van der Waals surface area contributed by atoms with Crippen LogP contribution in [0.5, 0.6) is 0 Å². The summed E-state index contributed by atoms with van der Waals surface area (Å²) in [4.78, 5) is 24.0. The van der Waals surface area contributed by atoms with Crippen molar-refractivity contribution in [2.45, 2.75) is 24.9 Å². The van der Waals surface area contributed by atoms with Crippen LogP contribution in [-0.4, -0.2) is 48.7 Å². The first-order valence-corrected chi connectivity index (χ1v) is 6.55. The van der Waals surface area contributed by atoms with Crippen molar-refractivity contribution in [1.82, 2.24) is 4.90 Å². The molecule has 2 atom stereocenters. The quantitative estimate of drug-likeness (QED) is 0.541. The van der Waals surface area contributed by atoms with Gasteiger partial charge in [-0.3, -0.25) is 14.5 Å². The van der Waals surface area contributed by atoms with Crippen molar-refractivity contribution in [3.8, 4) is 0 Å². The largest absolute Gasteiger partial charge is 0.319 e. The number of hydrogen-bond donors (Lipinski definition) is 1. The number of nitrogens with zero attached hydrogens (tertiary/aromatic N) is 1. The normalized spacial score (nSPS) is 35.1. The minimum absolute atomic E-state index is 0.00458. The van der Waals surface area contributed by atoms with E-state index in [0.717, 1.165) is 4.90 Å². The van der Waals surface area contributed by atoms with Gasteiger partial charge in [-0.05, 0) is 6.42 Å². The molecule has 0 radical (unpaired) electrons. The standard InChI is InChI=1S/C8H12N2O4S/c9-6-3-7(11)10(8(6)12)5-1-2-15(13,14)4-5/h5-6H,1-4,9H2/t5?,6-/m0/s1. The zero-order valence-electron chi connectivity index (χ0n) is 8.05. The van der Waals surface area contributed by atoms with E-state index in [1.807, 2.05) is 0 Å². The van der Waals surface area contributed by atoms with Crippen LogP contribution in [0.1, 0.15) is 12.8 Å². The van der Waals surface area contributed by atoms with Crippen molar-refractivity contribution in [1.29, 1.82) is 0 Å². The lowest BCUT2D eigenvalue weighted by molar-refractivity contribution is -0.140. The summed E-state index contributed by atoms with van der Waals surface area (Å²) in [7, 11) is -3.08. The molecule has 2 heterocycles. The van der Waals surface area contributed by atoms with Crippen molar-refractivity contribution >= 4 is 21.7 Å². The average Bonchev–Trinajstić information content (AvgIpc) is 2.56.